The third-order valence-electron chi connectivity index (χ3n) is 4.65. The fourth-order valence-electron chi connectivity index (χ4n) is 3.15. The van der Waals surface area contributed by atoms with Crippen molar-refractivity contribution < 1.29 is 19.7 Å². The van der Waals surface area contributed by atoms with Gasteiger partial charge in [-0.1, -0.05) is 45.7 Å². The van der Waals surface area contributed by atoms with Gasteiger partial charge in [-0.05, 0) is 22.7 Å². The van der Waals surface area contributed by atoms with Crippen molar-refractivity contribution in [2.45, 2.75) is 37.4 Å². The number of carbonyl (C=O) groups excluding carboxylic acids is 1. The van der Waals surface area contributed by atoms with E-state index < -0.39 is 41.6 Å². The molecular weight excluding hydrogens is 468 g/mol. The zero-order valence-electron chi connectivity index (χ0n) is 15.0. The smallest absolute Gasteiger partial charge is 0.330 e. The van der Waals surface area contributed by atoms with Crippen LogP contribution in [0.25, 0.3) is 6.08 Å². The lowest BCUT2D eigenvalue weighted by Crippen LogP contribution is -2.41. The number of aliphatic hydroxyl groups excluding tert-OH is 2. The third kappa shape index (κ3) is 4.76. The molecule has 4 atom stereocenters. The Hall–Kier alpha value is -2.04. The molecule has 0 bridgehead atoms. The molecule has 2 aromatic rings. The molecule has 29 heavy (non-hydrogen) atoms. The summed E-state index contributed by atoms with van der Waals surface area (Å²) in [6, 6.07) is 6.75. The van der Waals surface area contributed by atoms with Gasteiger partial charge in [-0.3, -0.25) is 19.1 Å². The van der Waals surface area contributed by atoms with E-state index in [0.29, 0.717) is 10.6 Å². The highest BCUT2D eigenvalue weighted by Crippen LogP contribution is 2.30. The van der Waals surface area contributed by atoms with Crippen LogP contribution in [0.4, 0.5) is 0 Å². The molecule has 1 saturated heterocycles. The summed E-state index contributed by atoms with van der Waals surface area (Å²) < 4.78 is 6.73. The van der Waals surface area contributed by atoms with Crippen LogP contribution >= 0.6 is 27.5 Å². The van der Waals surface area contributed by atoms with Gasteiger partial charge in [0, 0.05) is 24.1 Å². The van der Waals surface area contributed by atoms with Crippen LogP contribution in [-0.4, -0.2) is 43.9 Å². The van der Waals surface area contributed by atoms with Crippen LogP contribution in [0, 0.1) is 0 Å². The van der Waals surface area contributed by atoms with Gasteiger partial charge >= 0.3 is 5.69 Å². The van der Waals surface area contributed by atoms with Crippen molar-refractivity contribution in [3.05, 3.63) is 72.4 Å². The number of nitrogens with one attached hydrogen (secondary N) is 1. The number of benzene rings is 1. The Balaban J connectivity index is 1.78. The molecule has 1 aliphatic rings. The van der Waals surface area contributed by atoms with Gasteiger partial charge in [-0.15, -0.1) is 0 Å². The number of ether oxygens (including phenoxy) is 1. The zero-order valence-corrected chi connectivity index (χ0v) is 17.3. The first kappa shape index (κ1) is 21.7. The minimum absolute atomic E-state index is 0.0372. The molecule has 8 nitrogen and oxygen atoms in total. The van der Waals surface area contributed by atoms with E-state index in [0.717, 1.165) is 4.57 Å². The van der Waals surface area contributed by atoms with Crippen LogP contribution in [0.15, 0.2) is 45.0 Å². The molecule has 1 aromatic heterocycles. The Kier molecular flexibility index (Phi) is 6.86. The van der Waals surface area contributed by atoms with E-state index in [4.69, 9.17) is 16.3 Å². The highest BCUT2D eigenvalue weighted by molar-refractivity contribution is 9.11. The Morgan fingerprint density at radius 1 is 1.41 bits per heavy atom. The topological polar surface area (TPSA) is 122 Å². The summed E-state index contributed by atoms with van der Waals surface area (Å²) in [5.41, 5.74) is -0.563. The van der Waals surface area contributed by atoms with E-state index in [9.17, 15) is 24.6 Å². The minimum atomic E-state index is -1.60. The zero-order chi connectivity index (χ0) is 21.1. The van der Waals surface area contributed by atoms with E-state index in [1.807, 2.05) is 0 Å². The van der Waals surface area contributed by atoms with Crippen LogP contribution in [0.1, 0.15) is 23.8 Å². The van der Waals surface area contributed by atoms with Crippen LogP contribution in [0.3, 0.4) is 0 Å². The number of hydrogen-bond acceptors (Lipinski definition) is 6. The van der Waals surface area contributed by atoms with Crippen molar-refractivity contribution in [1.82, 2.24) is 9.55 Å². The summed E-state index contributed by atoms with van der Waals surface area (Å²) in [6.45, 7) is 0. The molecular formula is C19H18BrClN2O6. The van der Waals surface area contributed by atoms with Crippen LogP contribution in [0.5, 0.6) is 0 Å². The molecule has 3 rings (SSSR count). The quantitative estimate of drug-likeness (QED) is 0.568. The summed E-state index contributed by atoms with van der Waals surface area (Å²) in [4.78, 5) is 40.0. The van der Waals surface area contributed by atoms with E-state index >= 15 is 0 Å². The number of carbonyl (C=O) groups is 1. The molecule has 0 amide bonds. The van der Waals surface area contributed by atoms with Gasteiger partial charge in [-0.25, -0.2) is 4.79 Å². The SMILES string of the molecule is O=C(Cc1ccccc1Cl)C(O)[C@H]1O[C@@H](n2cc(/C=C/Br)c(=O)[nH]c2=O)C[C@@H]1O. The van der Waals surface area contributed by atoms with Gasteiger partial charge in [0.15, 0.2) is 5.78 Å². The number of hydrogen-bond donors (Lipinski definition) is 3. The first-order valence-electron chi connectivity index (χ1n) is 8.71. The molecule has 0 saturated carbocycles. The van der Waals surface area contributed by atoms with Crippen molar-refractivity contribution >= 4 is 39.4 Å². The molecule has 1 fully saturated rings. The van der Waals surface area contributed by atoms with Gasteiger partial charge in [0.05, 0.1) is 11.7 Å². The number of halogens is 2. The Morgan fingerprint density at radius 2 is 2.14 bits per heavy atom. The Bertz CT molecular complexity index is 1050. The van der Waals surface area contributed by atoms with Gasteiger partial charge < -0.3 is 14.9 Å². The third-order valence-corrected chi connectivity index (χ3v) is 5.28. The summed E-state index contributed by atoms with van der Waals surface area (Å²) >= 11 is 9.11. The molecule has 1 aliphatic heterocycles. The number of nitrogens with zero attached hydrogens (tertiary/aromatic N) is 1. The number of aromatic amines is 1. The lowest BCUT2D eigenvalue weighted by Gasteiger charge is -2.21. The van der Waals surface area contributed by atoms with Crippen molar-refractivity contribution in [1.29, 1.82) is 0 Å². The van der Waals surface area contributed by atoms with Crippen molar-refractivity contribution in [2.75, 3.05) is 0 Å². The van der Waals surface area contributed by atoms with E-state index in [1.54, 1.807) is 24.3 Å². The second-order valence-electron chi connectivity index (χ2n) is 6.58. The first-order chi connectivity index (χ1) is 13.8. The predicted octanol–water partition coefficient (Wildman–Crippen LogP) is 1.38. The largest absolute Gasteiger partial charge is 0.390 e. The summed E-state index contributed by atoms with van der Waals surface area (Å²) in [5, 5.41) is 21.1. The molecule has 10 heteroatoms. The van der Waals surface area contributed by atoms with Crippen molar-refractivity contribution in [2.24, 2.45) is 0 Å². The molecule has 1 aromatic carbocycles. The number of aromatic nitrogens is 2. The van der Waals surface area contributed by atoms with Gasteiger partial charge in [-0.2, -0.15) is 0 Å². The van der Waals surface area contributed by atoms with Crippen LogP contribution < -0.4 is 11.2 Å². The molecule has 2 heterocycles. The van der Waals surface area contributed by atoms with Crippen molar-refractivity contribution in [3.63, 3.8) is 0 Å². The normalized spacial score (nSPS) is 22.8. The predicted molar refractivity (Wildman–Crippen MR) is 110 cm³/mol. The summed E-state index contributed by atoms with van der Waals surface area (Å²) in [7, 11) is 0. The van der Waals surface area contributed by atoms with E-state index in [1.165, 1.54) is 17.3 Å². The maximum atomic E-state index is 12.5. The lowest BCUT2D eigenvalue weighted by atomic mass is 9.99. The molecule has 0 radical (unpaired) electrons. The van der Waals surface area contributed by atoms with Gasteiger partial charge in [0.25, 0.3) is 5.56 Å². The average Bonchev–Trinajstić information content (AvgIpc) is 3.06. The number of rotatable bonds is 6. The second kappa shape index (κ2) is 9.19. The summed E-state index contributed by atoms with van der Waals surface area (Å²) in [6.07, 6.45) is -2.39. The Morgan fingerprint density at radius 3 is 2.83 bits per heavy atom. The van der Waals surface area contributed by atoms with E-state index in [-0.39, 0.29) is 18.4 Å². The van der Waals surface area contributed by atoms with E-state index in [2.05, 4.69) is 20.9 Å². The maximum absolute atomic E-state index is 12.5. The number of aliphatic hydroxyl groups is 2. The number of ketones is 1. The molecule has 3 N–H and O–H groups in total. The molecule has 0 spiro atoms. The molecule has 0 aliphatic carbocycles. The number of H-pyrrole nitrogens is 1. The Labute approximate surface area is 178 Å². The fraction of sp³-hybridized carbons (Fsp3) is 0.316. The highest BCUT2D eigenvalue weighted by Gasteiger charge is 2.42. The fourth-order valence-corrected chi connectivity index (χ4v) is 3.64. The highest BCUT2D eigenvalue weighted by atomic mass is 79.9. The standard InChI is InChI=1S/C19H18BrClN2O6/c20-6-5-11-9-23(19(28)22-18(11)27)15-8-14(25)17(29-15)16(26)13(24)7-10-3-1-2-4-12(10)21/h1-6,9,14-17,25-26H,7-8H2,(H,22,27,28)/b6-5+/t14-,15+,16?,17-/m0/s1. The van der Waals surface area contributed by atoms with Crippen LogP contribution in [-0.2, 0) is 16.0 Å². The first-order valence-corrected chi connectivity index (χ1v) is 10.0. The van der Waals surface area contributed by atoms with Crippen LogP contribution in [0.2, 0.25) is 5.02 Å². The van der Waals surface area contributed by atoms with Gasteiger partial charge in [0.2, 0.25) is 0 Å². The maximum Gasteiger partial charge on any atom is 0.330 e. The van der Waals surface area contributed by atoms with Gasteiger partial charge in [0.1, 0.15) is 18.4 Å². The average molecular weight is 486 g/mol. The number of Topliss-reactive ketones (excluding diaryl/α,β-unsaturated/α-hetero) is 1. The van der Waals surface area contributed by atoms with Crippen molar-refractivity contribution in [3.8, 4) is 0 Å². The molecule has 1 unspecified atom stereocenters. The summed E-state index contributed by atoms with van der Waals surface area (Å²) in [5.74, 6) is -0.570. The minimum Gasteiger partial charge on any atom is -0.390 e. The monoisotopic (exact) mass is 484 g/mol. The second-order valence-corrected chi connectivity index (χ2v) is 7.52. The molecule has 154 valence electrons. The lowest BCUT2D eigenvalue weighted by molar-refractivity contribution is -0.140.